The van der Waals surface area contributed by atoms with E-state index in [1.54, 1.807) is 0 Å². The third kappa shape index (κ3) is 8.50. The lowest BCUT2D eigenvalue weighted by Gasteiger charge is -1.96. The lowest BCUT2D eigenvalue weighted by Crippen LogP contribution is -2.04. The molecular formula is C5H12Cl2N2. The molecule has 56 valence electrons. The van der Waals surface area contributed by atoms with Crippen molar-refractivity contribution >= 4 is 23.6 Å². The van der Waals surface area contributed by atoms with Crippen molar-refractivity contribution in [2.75, 3.05) is 13.1 Å². The number of hydrogen-bond donors (Lipinski definition) is 2. The van der Waals surface area contributed by atoms with E-state index < -0.39 is 0 Å². The van der Waals surface area contributed by atoms with Crippen LogP contribution in [0.15, 0.2) is 0 Å². The number of hydrogen-bond acceptors (Lipinski definition) is 2. The second kappa shape index (κ2) is 8.50. The molecule has 0 aromatic heterocycles. The van der Waals surface area contributed by atoms with E-state index in [9.17, 15) is 0 Å². The Balaban J connectivity index is 2.60. The highest BCUT2D eigenvalue weighted by molar-refractivity contribution is 6.13. The second-order valence-electron chi connectivity index (χ2n) is 1.83. The lowest BCUT2D eigenvalue weighted by atomic mass is 10.2. The summed E-state index contributed by atoms with van der Waals surface area (Å²) in [4.78, 5) is 5.13. The first-order chi connectivity index (χ1) is 4.41. The van der Waals surface area contributed by atoms with Crippen LogP contribution in [0.2, 0.25) is 0 Å². The summed E-state index contributed by atoms with van der Waals surface area (Å²) in [6, 6.07) is 0. The minimum Gasteiger partial charge on any atom is -0.234 e. The average molecular weight is 171 g/mol. The van der Waals surface area contributed by atoms with E-state index in [1.165, 1.54) is 6.42 Å². The van der Waals surface area contributed by atoms with Gasteiger partial charge >= 0.3 is 0 Å². The van der Waals surface area contributed by atoms with Gasteiger partial charge in [-0.2, -0.15) is 0 Å². The molecule has 0 aliphatic rings. The van der Waals surface area contributed by atoms with Gasteiger partial charge in [0.15, 0.2) is 0 Å². The molecule has 0 unspecified atom stereocenters. The molecule has 2 N–H and O–H groups in total. The summed E-state index contributed by atoms with van der Waals surface area (Å²) in [6.07, 6.45) is 3.39. The third-order valence-electron chi connectivity index (χ3n) is 1.04. The topological polar surface area (TPSA) is 24.1 Å². The fourth-order valence-electron chi connectivity index (χ4n) is 0.560. The van der Waals surface area contributed by atoms with E-state index >= 15 is 0 Å². The van der Waals surface area contributed by atoms with Gasteiger partial charge in [-0.15, -0.1) is 0 Å². The molecule has 0 fully saturated rings. The molecule has 0 atom stereocenters. The highest BCUT2D eigenvalue weighted by atomic mass is 35.5. The molecule has 0 aliphatic heterocycles. The molecule has 0 aliphatic carbocycles. The minimum absolute atomic E-state index is 0.879. The van der Waals surface area contributed by atoms with Gasteiger partial charge in [-0.05, 0) is 36.4 Å². The normalized spacial score (nSPS) is 10.0. The second-order valence-corrected chi connectivity index (χ2v) is 2.36. The van der Waals surface area contributed by atoms with Crippen LogP contribution in [0.3, 0.4) is 0 Å². The molecule has 9 heavy (non-hydrogen) atoms. The lowest BCUT2D eigenvalue weighted by molar-refractivity contribution is 0.665. The van der Waals surface area contributed by atoms with Gasteiger partial charge in [-0.25, -0.2) is 9.67 Å². The minimum atomic E-state index is 0.879. The van der Waals surface area contributed by atoms with Crippen molar-refractivity contribution in [1.29, 1.82) is 0 Å². The van der Waals surface area contributed by atoms with Gasteiger partial charge in [0.1, 0.15) is 0 Å². The van der Waals surface area contributed by atoms with Gasteiger partial charge in [0.05, 0.1) is 0 Å². The van der Waals surface area contributed by atoms with E-state index in [4.69, 9.17) is 23.6 Å². The summed E-state index contributed by atoms with van der Waals surface area (Å²) < 4.78 is 0. The molecule has 0 saturated carbocycles. The molecule has 4 heteroatoms. The average Bonchev–Trinajstić information content (AvgIpc) is 1.89. The number of rotatable bonds is 6. The number of halogens is 2. The molecule has 0 spiro atoms. The van der Waals surface area contributed by atoms with Crippen molar-refractivity contribution in [3.63, 3.8) is 0 Å². The standard InChI is InChI=1S/C5H12Cl2N2/c6-8-4-2-1-3-5-9-7/h8-9H,1-5H2. The zero-order valence-electron chi connectivity index (χ0n) is 5.29. The summed E-state index contributed by atoms with van der Waals surface area (Å²) in [5.41, 5.74) is 0. The third-order valence-corrected chi connectivity index (χ3v) is 1.42. The van der Waals surface area contributed by atoms with Crippen molar-refractivity contribution in [2.45, 2.75) is 19.3 Å². The highest BCUT2D eigenvalue weighted by Crippen LogP contribution is 1.92. The first-order valence-corrected chi connectivity index (χ1v) is 3.84. The zero-order chi connectivity index (χ0) is 6.95. The van der Waals surface area contributed by atoms with E-state index in [1.807, 2.05) is 0 Å². The summed E-state index contributed by atoms with van der Waals surface area (Å²) in [7, 11) is 0. The largest absolute Gasteiger partial charge is 0.234 e. The quantitative estimate of drug-likeness (QED) is 0.469. The molecule has 0 saturated heterocycles. The summed E-state index contributed by atoms with van der Waals surface area (Å²) >= 11 is 10.4. The predicted octanol–water partition coefficient (Wildman–Crippen LogP) is 1.64. The Labute approximate surface area is 66.1 Å². The molecule has 0 rings (SSSR count). The van der Waals surface area contributed by atoms with Crippen molar-refractivity contribution in [2.24, 2.45) is 0 Å². The van der Waals surface area contributed by atoms with Crippen LogP contribution in [0.1, 0.15) is 19.3 Å². The Morgan fingerprint density at radius 3 is 1.56 bits per heavy atom. The maximum Gasteiger partial charge on any atom is 0.0108 e. The molecule has 0 amide bonds. The van der Waals surface area contributed by atoms with E-state index in [-0.39, 0.29) is 0 Å². The number of unbranched alkanes of at least 4 members (excludes halogenated alkanes) is 2. The Morgan fingerprint density at radius 2 is 1.22 bits per heavy atom. The van der Waals surface area contributed by atoms with Crippen molar-refractivity contribution in [1.82, 2.24) is 9.67 Å². The van der Waals surface area contributed by atoms with Gasteiger partial charge in [-0.3, -0.25) is 0 Å². The van der Waals surface area contributed by atoms with E-state index in [2.05, 4.69) is 9.67 Å². The number of nitrogens with one attached hydrogen (secondary N) is 2. The zero-order valence-corrected chi connectivity index (χ0v) is 6.80. The Morgan fingerprint density at radius 1 is 0.778 bits per heavy atom. The molecular weight excluding hydrogens is 159 g/mol. The first-order valence-electron chi connectivity index (χ1n) is 3.09. The van der Waals surface area contributed by atoms with E-state index in [0.29, 0.717) is 0 Å². The van der Waals surface area contributed by atoms with Crippen molar-refractivity contribution in [3.05, 3.63) is 0 Å². The van der Waals surface area contributed by atoms with Crippen LogP contribution in [-0.2, 0) is 0 Å². The van der Waals surface area contributed by atoms with Crippen LogP contribution in [0.5, 0.6) is 0 Å². The molecule has 0 aromatic carbocycles. The smallest absolute Gasteiger partial charge is 0.0108 e. The van der Waals surface area contributed by atoms with Gasteiger partial charge in [0.25, 0.3) is 0 Å². The molecule has 2 nitrogen and oxygen atoms in total. The molecule has 0 bridgehead atoms. The maximum absolute atomic E-state index is 5.22. The highest BCUT2D eigenvalue weighted by Gasteiger charge is 1.85. The van der Waals surface area contributed by atoms with Crippen molar-refractivity contribution in [3.8, 4) is 0 Å². The maximum atomic E-state index is 5.22. The monoisotopic (exact) mass is 170 g/mol. The summed E-state index contributed by atoms with van der Waals surface area (Å²) in [5.74, 6) is 0. The summed E-state index contributed by atoms with van der Waals surface area (Å²) in [6.45, 7) is 1.76. The predicted molar refractivity (Wildman–Crippen MR) is 41.6 cm³/mol. The summed E-state index contributed by atoms with van der Waals surface area (Å²) in [5, 5.41) is 0. The van der Waals surface area contributed by atoms with Crippen LogP contribution < -0.4 is 9.67 Å². The SMILES string of the molecule is ClNCCCCCNCl. The van der Waals surface area contributed by atoms with Gasteiger partial charge in [-0.1, -0.05) is 6.42 Å². The Bertz CT molecular complexity index is 46.2. The first kappa shape index (κ1) is 9.50. The fraction of sp³-hybridized carbons (Fsp3) is 1.00. The Kier molecular flexibility index (Phi) is 8.97. The van der Waals surface area contributed by atoms with Crippen LogP contribution >= 0.6 is 23.6 Å². The van der Waals surface area contributed by atoms with Crippen molar-refractivity contribution < 1.29 is 0 Å². The van der Waals surface area contributed by atoms with Gasteiger partial charge in [0, 0.05) is 13.1 Å². The van der Waals surface area contributed by atoms with E-state index in [0.717, 1.165) is 25.9 Å². The molecule has 0 heterocycles. The van der Waals surface area contributed by atoms with Crippen LogP contribution in [0.4, 0.5) is 0 Å². The van der Waals surface area contributed by atoms with Gasteiger partial charge < -0.3 is 0 Å². The Hall–Kier alpha value is 0.500. The van der Waals surface area contributed by atoms with Crippen LogP contribution in [-0.4, -0.2) is 13.1 Å². The van der Waals surface area contributed by atoms with Crippen LogP contribution in [0.25, 0.3) is 0 Å². The fourth-order valence-corrected chi connectivity index (χ4v) is 0.828. The van der Waals surface area contributed by atoms with Crippen LogP contribution in [0, 0.1) is 0 Å². The molecule has 0 aromatic rings. The molecule has 0 radical (unpaired) electrons. The van der Waals surface area contributed by atoms with Gasteiger partial charge in [0.2, 0.25) is 0 Å².